The summed E-state index contributed by atoms with van der Waals surface area (Å²) in [7, 11) is 6.03. The molecule has 0 fully saturated rings. The molecule has 0 aliphatic rings. The van der Waals surface area contributed by atoms with Gasteiger partial charge in [0.15, 0.2) is 5.69 Å². The van der Waals surface area contributed by atoms with Gasteiger partial charge in [-0.25, -0.2) is 10.1 Å². The molecule has 0 bridgehead atoms. The van der Waals surface area contributed by atoms with Crippen LogP contribution in [0.2, 0.25) is 0 Å². The fraction of sp³-hybridized carbons (Fsp3) is 0.200. The molecule has 2 aromatic carbocycles. The van der Waals surface area contributed by atoms with Crippen molar-refractivity contribution >= 4 is 22.9 Å². The Morgan fingerprint density at radius 3 is 2.28 bits per heavy atom. The Labute approximate surface area is 166 Å². The lowest BCUT2D eigenvalue weighted by Gasteiger charge is -2.12. The molecule has 3 aromatic rings. The number of amides is 1. The number of ether oxygens (including phenoxy) is 3. The van der Waals surface area contributed by atoms with Crippen LogP contribution in [0.3, 0.4) is 0 Å². The molecular formula is C20H20N4O5. The number of aromatic nitrogens is 2. The maximum atomic E-state index is 12.6. The van der Waals surface area contributed by atoms with Crippen LogP contribution in [0.1, 0.15) is 16.1 Å². The third-order valence-corrected chi connectivity index (χ3v) is 4.28. The maximum Gasteiger partial charge on any atom is 0.292 e. The van der Waals surface area contributed by atoms with E-state index in [4.69, 9.17) is 14.2 Å². The van der Waals surface area contributed by atoms with Crippen molar-refractivity contribution in [2.45, 2.75) is 0 Å². The average molecular weight is 396 g/mol. The number of methoxy groups -OCH3 is 3. The second kappa shape index (κ2) is 8.42. The van der Waals surface area contributed by atoms with Crippen LogP contribution in [0.5, 0.6) is 17.2 Å². The Morgan fingerprint density at radius 1 is 1.07 bits per heavy atom. The average Bonchev–Trinajstić information content (AvgIpc) is 2.75. The largest absolute Gasteiger partial charge is 0.496 e. The van der Waals surface area contributed by atoms with Gasteiger partial charge in [0.2, 0.25) is 0 Å². The number of hydrogen-bond acceptors (Lipinski definition) is 7. The Morgan fingerprint density at radius 2 is 1.69 bits per heavy atom. The number of rotatable bonds is 6. The normalized spacial score (nSPS) is 10.9. The summed E-state index contributed by atoms with van der Waals surface area (Å²) in [6.45, 7) is 0. The van der Waals surface area contributed by atoms with Crippen LogP contribution < -0.4 is 25.2 Å². The quantitative estimate of drug-likeness (QED) is 0.503. The zero-order valence-corrected chi connectivity index (χ0v) is 16.4. The summed E-state index contributed by atoms with van der Waals surface area (Å²) in [5.74, 6) is 0.926. The van der Waals surface area contributed by atoms with Crippen LogP contribution in [-0.4, -0.2) is 43.2 Å². The molecule has 150 valence electrons. The molecule has 0 spiro atoms. The molecule has 29 heavy (non-hydrogen) atoms. The first-order valence-electron chi connectivity index (χ1n) is 8.59. The first kappa shape index (κ1) is 19.9. The van der Waals surface area contributed by atoms with E-state index in [-0.39, 0.29) is 11.3 Å². The molecule has 0 aliphatic heterocycles. The minimum absolute atomic E-state index is 0.0912. The summed E-state index contributed by atoms with van der Waals surface area (Å²) in [6, 6.07) is 10.1. The molecule has 0 aliphatic carbocycles. The molecule has 1 N–H and O–H groups in total. The fourth-order valence-corrected chi connectivity index (χ4v) is 2.84. The van der Waals surface area contributed by atoms with Gasteiger partial charge in [0, 0.05) is 24.6 Å². The SMILES string of the molecule is COc1cc(OC)c(/C=N\NC(=O)c2nn(C)c(=O)c3ccccc23)c(OC)c1. The van der Waals surface area contributed by atoms with Crippen LogP contribution in [0.4, 0.5) is 0 Å². The van der Waals surface area contributed by atoms with Crippen LogP contribution in [0.15, 0.2) is 46.3 Å². The number of hydrogen-bond donors (Lipinski definition) is 1. The van der Waals surface area contributed by atoms with Gasteiger partial charge in [-0.1, -0.05) is 18.2 Å². The van der Waals surface area contributed by atoms with Gasteiger partial charge in [-0.2, -0.15) is 10.2 Å². The van der Waals surface area contributed by atoms with E-state index in [1.807, 2.05) is 0 Å². The molecular weight excluding hydrogens is 376 g/mol. The van der Waals surface area contributed by atoms with E-state index in [2.05, 4.69) is 15.6 Å². The number of benzene rings is 2. The van der Waals surface area contributed by atoms with Crippen LogP contribution in [0, 0.1) is 0 Å². The standard InChI is InChI=1S/C20H20N4O5/c1-24-20(26)14-8-6-5-7-13(14)18(23-24)19(25)22-21-11-15-16(28-3)9-12(27-2)10-17(15)29-4/h5-11H,1-4H3,(H,22,25)/b21-11-. The Bertz CT molecular complexity index is 1130. The van der Waals surface area contributed by atoms with E-state index < -0.39 is 5.91 Å². The Balaban J connectivity index is 1.93. The van der Waals surface area contributed by atoms with Gasteiger partial charge in [-0.05, 0) is 6.07 Å². The van der Waals surface area contributed by atoms with Crippen molar-refractivity contribution in [3.05, 3.63) is 58.0 Å². The second-order valence-electron chi connectivity index (χ2n) is 5.97. The fourth-order valence-electron chi connectivity index (χ4n) is 2.84. The minimum atomic E-state index is -0.556. The zero-order valence-electron chi connectivity index (χ0n) is 16.4. The lowest BCUT2D eigenvalue weighted by molar-refractivity contribution is 0.0950. The van der Waals surface area contributed by atoms with Gasteiger partial charge in [-0.15, -0.1) is 0 Å². The van der Waals surface area contributed by atoms with Gasteiger partial charge >= 0.3 is 0 Å². The molecule has 3 rings (SSSR count). The summed E-state index contributed by atoms with van der Waals surface area (Å²) in [5.41, 5.74) is 2.76. The highest BCUT2D eigenvalue weighted by Gasteiger charge is 2.16. The number of nitrogens with one attached hydrogen (secondary N) is 1. The molecule has 0 saturated carbocycles. The van der Waals surface area contributed by atoms with E-state index in [9.17, 15) is 9.59 Å². The van der Waals surface area contributed by atoms with Crippen LogP contribution in [-0.2, 0) is 7.05 Å². The maximum absolute atomic E-state index is 12.6. The number of fused-ring (bicyclic) bond motifs is 1. The van der Waals surface area contributed by atoms with Crippen molar-refractivity contribution in [3.63, 3.8) is 0 Å². The number of carbonyl (C=O) groups is 1. The monoisotopic (exact) mass is 396 g/mol. The lowest BCUT2D eigenvalue weighted by atomic mass is 10.1. The molecule has 9 nitrogen and oxygen atoms in total. The number of carbonyl (C=O) groups excluding carboxylic acids is 1. The second-order valence-corrected chi connectivity index (χ2v) is 5.97. The molecule has 0 unspecified atom stereocenters. The molecule has 9 heteroatoms. The molecule has 1 heterocycles. The van der Waals surface area contributed by atoms with Crippen molar-refractivity contribution in [3.8, 4) is 17.2 Å². The zero-order chi connectivity index (χ0) is 21.0. The third kappa shape index (κ3) is 3.88. The summed E-state index contributed by atoms with van der Waals surface area (Å²) in [6.07, 6.45) is 1.40. The van der Waals surface area contributed by atoms with E-state index in [0.717, 1.165) is 4.68 Å². The van der Waals surface area contributed by atoms with Crippen molar-refractivity contribution in [1.82, 2.24) is 15.2 Å². The summed E-state index contributed by atoms with van der Waals surface area (Å²) < 4.78 is 17.0. The van der Waals surface area contributed by atoms with Crippen molar-refractivity contribution in [1.29, 1.82) is 0 Å². The highest BCUT2D eigenvalue weighted by molar-refractivity contribution is 6.05. The predicted molar refractivity (Wildman–Crippen MR) is 108 cm³/mol. The van der Waals surface area contributed by atoms with Gasteiger partial charge < -0.3 is 14.2 Å². The van der Waals surface area contributed by atoms with E-state index in [0.29, 0.717) is 33.6 Å². The highest BCUT2D eigenvalue weighted by Crippen LogP contribution is 2.32. The predicted octanol–water partition coefficient (Wildman–Crippen LogP) is 1.72. The first-order chi connectivity index (χ1) is 14.0. The minimum Gasteiger partial charge on any atom is -0.496 e. The topological polar surface area (TPSA) is 104 Å². The molecule has 0 saturated heterocycles. The first-order valence-corrected chi connectivity index (χ1v) is 8.59. The smallest absolute Gasteiger partial charge is 0.292 e. The Kier molecular flexibility index (Phi) is 5.77. The third-order valence-electron chi connectivity index (χ3n) is 4.28. The van der Waals surface area contributed by atoms with Gasteiger partial charge in [-0.3, -0.25) is 9.59 Å². The van der Waals surface area contributed by atoms with Crippen molar-refractivity contribution in [2.75, 3.05) is 21.3 Å². The van der Waals surface area contributed by atoms with Crippen LogP contribution in [0.25, 0.3) is 10.8 Å². The van der Waals surface area contributed by atoms with Gasteiger partial charge in [0.05, 0.1) is 38.5 Å². The number of hydrazone groups is 1. The van der Waals surface area contributed by atoms with E-state index in [1.165, 1.54) is 34.6 Å². The summed E-state index contributed by atoms with van der Waals surface area (Å²) >= 11 is 0. The summed E-state index contributed by atoms with van der Waals surface area (Å²) in [5, 5.41) is 8.91. The molecule has 1 amide bonds. The van der Waals surface area contributed by atoms with Gasteiger partial charge in [0.25, 0.3) is 11.5 Å². The molecule has 1 aromatic heterocycles. The van der Waals surface area contributed by atoms with Gasteiger partial charge in [0.1, 0.15) is 17.2 Å². The van der Waals surface area contributed by atoms with E-state index in [1.54, 1.807) is 36.4 Å². The lowest BCUT2D eigenvalue weighted by Crippen LogP contribution is -2.27. The van der Waals surface area contributed by atoms with Crippen molar-refractivity contribution in [2.24, 2.45) is 12.1 Å². The number of aryl methyl sites for hydroxylation is 1. The Hall–Kier alpha value is -3.88. The van der Waals surface area contributed by atoms with E-state index >= 15 is 0 Å². The summed E-state index contributed by atoms with van der Waals surface area (Å²) in [4.78, 5) is 24.8. The molecule has 0 radical (unpaired) electrons. The molecule has 0 atom stereocenters. The van der Waals surface area contributed by atoms with Crippen LogP contribution >= 0.6 is 0 Å². The number of nitrogens with zero attached hydrogens (tertiary/aromatic N) is 3. The van der Waals surface area contributed by atoms with Crippen molar-refractivity contribution < 1.29 is 19.0 Å². The highest BCUT2D eigenvalue weighted by atomic mass is 16.5.